The van der Waals surface area contributed by atoms with Crippen LogP contribution in [0.25, 0.3) is 0 Å². The number of hydrogen-bond acceptors (Lipinski definition) is 3. The van der Waals surface area contributed by atoms with Crippen molar-refractivity contribution in [2.24, 2.45) is 0 Å². The van der Waals surface area contributed by atoms with E-state index in [1.54, 1.807) is 6.07 Å². The molecule has 0 aromatic carbocycles. The highest BCUT2D eigenvalue weighted by Crippen LogP contribution is 2.28. The molecule has 2 nitrogen and oxygen atoms in total. The van der Waals surface area contributed by atoms with Gasteiger partial charge in [0, 0.05) is 17.9 Å². The van der Waals surface area contributed by atoms with Gasteiger partial charge in [-0.2, -0.15) is 0 Å². The Morgan fingerprint density at radius 3 is 3.40 bits per heavy atom. The van der Waals surface area contributed by atoms with Gasteiger partial charge in [-0.25, -0.2) is 0 Å². The molecule has 0 N–H and O–H groups in total. The number of Topliss-reactive ketones (excluding diaryl/α,β-unsaturated/α-hetero) is 1. The van der Waals surface area contributed by atoms with E-state index in [1.165, 1.54) is 11.3 Å². The standard InChI is InChI=1S/C7H5O2S/c8-5-1-3-9-6-2-4-10-7(5)6/h2H,1,3H2. The van der Waals surface area contributed by atoms with Crippen LogP contribution in [0.4, 0.5) is 0 Å². The molecular weight excluding hydrogens is 148 g/mol. The molecule has 0 aliphatic carbocycles. The second-order valence-corrected chi connectivity index (χ2v) is 2.93. The number of ether oxygens (including phenoxy) is 1. The zero-order valence-corrected chi connectivity index (χ0v) is 6.03. The van der Waals surface area contributed by atoms with E-state index in [0.717, 1.165) is 4.88 Å². The molecule has 1 aliphatic rings. The fourth-order valence-electron chi connectivity index (χ4n) is 0.927. The van der Waals surface area contributed by atoms with Gasteiger partial charge in [-0.1, -0.05) is 0 Å². The summed E-state index contributed by atoms with van der Waals surface area (Å²) < 4.78 is 5.19. The molecule has 1 aromatic rings. The van der Waals surface area contributed by atoms with E-state index in [1.807, 2.05) is 0 Å². The van der Waals surface area contributed by atoms with Gasteiger partial charge in [0.25, 0.3) is 0 Å². The lowest BCUT2D eigenvalue weighted by Crippen LogP contribution is -2.12. The summed E-state index contributed by atoms with van der Waals surface area (Å²) in [5.74, 6) is 0.897. The molecule has 0 atom stereocenters. The van der Waals surface area contributed by atoms with E-state index >= 15 is 0 Å². The Morgan fingerprint density at radius 1 is 1.70 bits per heavy atom. The van der Waals surface area contributed by atoms with E-state index < -0.39 is 0 Å². The Bertz CT molecular complexity index is 264. The fourth-order valence-corrected chi connectivity index (χ4v) is 1.64. The summed E-state index contributed by atoms with van der Waals surface area (Å²) in [6.07, 6.45) is 0.515. The SMILES string of the molecule is O=C1CCOc2c[c]sc21. The van der Waals surface area contributed by atoms with Crippen LogP contribution in [0.1, 0.15) is 16.1 Å². The van der Waals surface area contributed by atoms with Gasteiger partial charge in [0.15, 0.2) is 5.78 Å². The van der Waals surface area contributed by atoms with Crippen molar-refractivity contribution in [1.82, 2.24) is 0 Å². The average molecular weight is 153 g/mol. The Hall–Kier alpha value is -0.830. The van der Waals surface area contributed by atoms with E-state index in [4.69, 9.17) is 4.74 Å². The minimum Gasteiger partial charge on any atom is -0.491 e. The number of fused-ring (bicyclic) bond motifs is 1. The number of rotatable bonds is 0. The maximum absolute atomic E-state index is 11.1. The van der Waals surface area contributed by atoms with E-state index in [0.29, 0.717) is 18.8 Å². The van der Waals surface area contributed by atoms with Gasteiger partial charge < -0.3 is 4.74 Å². The van der Waals surface area contributed by atoms with Gasteiger partial charge in [-0.05, 0) is 0 Å². The van der Waals surface area contributed by atoms with Crippen LogP contribution < -0.4 is 4.74 Å². The van der Waals surface area contributed by atoms with Crippen molar-refractivity contribution in [3.63, 3.8) is 0 Å². The van der Waals surface area contributed by atoms with Crippen LogP contribution in [0.3, 0.4) is 0 Å². The van der Waals surface area contributed by atoms with Crippen molar-refractivity contribution < 1.29 is 9.53 Å². The fraction of sp³-hybridized carbons (Fsp3) is 0.286. The predicted molar refractivity (Wildman–Crippen MR) is 37.6 cm³/mol. The normalized spacial score (nSPS) is 16.2. The summed E-state index contributed by atoms with van der Waals surface area (Å²) in [6, 6.07) is 1.72. The molecule has 10 heavy (non-hydrogen) atoms. The lowest BCUT2D eigenvalue weighted by Gasteiger charge is -2.10. The lowest BCUT2D eigenvalue weighted by molar-refractivity contribution is 0.0939. The van der Waals surface area contributed by atoms with Crippen LogP contribution in [0, 0.1) is 5.38 Å². The third kappa shape index (κ3) is 0.743. The zero-order chi connectivity index (χ0) is 6.97. The Kier molecular flexibility index (Phi) is 1.24. The maximum Gasteiger partial charge on any atom is 0.179 e. The molecule has 0 spiro atoms. The van der Waals surface area contributed by atoms with Crippen molar-refractivity contribution in [1.29, 1.82) is 0 Å². The van der Waals surface area contributed by atoms with Gasteiger partial charge in [-0.3, -0.25) is 4.79 Å². The lowest BCUT2D eigenvalue weighted by atomic mass is 10.2. The molecule has 2 heterocycles. The van der Waals surface area contributed by atoms with Crippen LogP contribution in [-0.2, 0) is 0 Å². The molecule has 51 valence electrons. The van der Waals surface area contributed by atoms with E-state index in [9.17, 15) is 4.79 Å². The molecule has 0 bridgehead atoms. The molecule has 0 fully saturated rings. The average Bonchev–Trinajstić information content (AvgIpc) is 2.36. The summed E-state index contributed by atoms with van der Waals surface area (Å²) in [6.45, 7) is 0.524. The minimum absolute atomic E-state index is 0.188. The first-order valence-corrected chi connectivity index (χ1v) is 3.85. The summed E-state index contributed by atoms with van der Waals surface area (Å²) in [5, 5.41) is 2.87. The molecule has 1 aliphatic heterocycles. The first-order chi connectivity index (χ1) is 4.88. The van der Waals surface area contributed by atoms with Crippen LogP contribution in [0.2, 0.25) is 0 Å². The van der Waals surface area contributed by atoms with Crippen LogP contribution in [0.5, 0.6) is 5.75 Å². The first-order valence-electron chi connectivity index (χ1n) is 3.04. The number of thiophene rings is 1. The third-order valence-corrected chi connectivity index (χ3v) is 2.28. The van der Waals surface area contributed by atoms with E-state index in [2.05, 4.69) is 5.38 Å². The van der Waals surface area contributed by atoms with Crippen molar-refractivity contribution in [2.75, 3.05) is 6.61 Å². The highest BCUT2D eigenvalue weighted by Gasteiger charge is 2.18. The molecule has 3 heteroatoms. The predicted octanol–water partition coefficient (Wildman–Crippen LogP) is 1.51. The zero-order valence-electron chi connectivity index (χ0n) is 5.22. The molecule has 1 radical (unpaired) electrons. The number of carbonyl (C=O) groups is 1. The van der Waals surface area contributed by atoms with Gasteiger partial charge in [0.2, 0.25) is 0 Å². The van der Waals surface area contributed by atoms with Crippen molar-refractivity contribution in [3.8, 4) is 5.75 Å². The first kappa shape index (κ1) is 5.92. The van der Waals surface area contributed by atoms with Crippen LogP contribution in [-0.4, -0.2) is 12.4 Å². The molecule has 2 rings (SSSR count). The van der Waals surface area contributed by atoms with Gasteiger partial charge in [-0.15, -0.1) is 11.3 Å². The molecule has 0 saturated carbocycles. The summed E-state index contributed by atoms with van der Waals surface area (Å²) in [7, 11) is 0. The van der Waals surface area contributed by atoms with Crippen molar-refractivity contribution in [3.05, 3.63) is 16.3 Å². The highest BCUT2D eigenvalue weighted by atomic mass is 32.1. The quantitative estimate of drug-likeness (QED) is 0.564. The Morgan fingerprint density at radius 2 is 2.60 bits per heavy atom. The monoisotopic (exact) mass is 153 g/mol. The molecule has 1 aromatic heterocycles. The minimum atomic E-state index is 0.188. The number of ketones is 1. The summed E-state index contributed by atoms with van der Waals surface area (Å²) >= 11 is 1.33. The molecule has 0 saturated heterocycles. The van der Waals surface area contributed by atoms with Crippen LogP contribution in [0.15, 0.2) is 6.07 Å². The largest absolute Gasteiger partial charge is 0.491 e. The second kappa shape index (κ2) is 2.09. The van der Waals surface area contributed by atoms with E-state index in [-0.39, 0.29) is 5.78 Å². The van der Waals surface area contributed by atoms with Gasteiger partial charge in [0.05, 0.1) is 6.61 Å². The number of hydrogen-bond donors (Lipinski definition) is 0. The highest BCUT2D eigenvalue weighted by molar-refractivity contribution is 7.12. The van der Waals surface area contributed by atoms with Gasteiger partial charge >= 0.3 is 0 Å². The molecule has 0 unspecified atom stereocenters. The van der Waals surface area contributed by atoms with Gasteiger partial charge in [0.1, 0.15) is 10.6 Å². The topological polar surface area (TPSA) is 26.3 Å². The third-order valence-electron chi connectivity index (χ3n) is 1.41. The number of carbonyl (C=O) groups excluding carboxylic acids is 1. The molecular formula is C7H5O2S. The summed E-state index contributed by atoms with van der Waals surface area (Å²) in [4.78, 5) is 11.8. The smallest absolute Gasteiger partial charge is 0.179 e. The maximum atomic E-state index is 11.1. The Balaban J connectivity index is 2.50. The van der Waals surface area contributed by atoms with Crippen molar-refractivity contribution in [2.45, 2.75) is 6.42 Å². The second-order valence-electron chi connectivity index (χ2n) is 2.08. The van der Waals surface area contributed by atoms with Crippen LogP contribution >= 0.6 is 11.3 Å². The summed E-state index contributed by atoms with van der Waals surface area (Å²) in [5.41, 5.74) is 0. The molecule has 0 amide bonds. The van der Waals surface area contributed by atoms with Crippen molar-refractivity contribution >= 4 is 17.1 Å². The Labute approximate surface area is 62.4 Å².